The van der Waals surface area contributed by atoms with E-state index in [1.807, 2.05) is 0 Å². The van der Waals surface area contributed by atoms with Crippen LogP contribution in [-0.2, 0) is 6.54 Å². The number of tetrazole rings is 1. The first kappa shape index (κ1) is 9.12. The third kappa shape index (κ3) is 3.43. The highest BCUT2D eigenvalue weighted by molar-refractivity contribution is 4.75. The molecule has 0 fully saturated rings. The SMILES string of the molecule is CC(C)(C)CNCc1nn[nH]n1. The van der Waals surface area contributed by atoms with Crippen LogP contribution in [0.1, 0.15) is 26.6 Å². The monoisotopic (exact) mass is 169 g/mol. The summed E-state index contributed by atoms with van der Waals surface area (Å²) < 4.78 is 0. The molecule has 0 saturated heterocycles. The average Bonchev–Trinajstić information content (AvgIpc) is 2.36. The number of nitrogens with one attached hydrogen (secondary N) is 2. The lowest BCUT2D eigenvalue weighted by Crippen LogP contribution is -2.26. The molecular formula is C7H15N5. The van der Waals surface area contributed by atoms with Crippen LogP contribution in [0.2, 0.25) is 0 Å². The van der Waals surface area contributed by atoms with Gasteiger partial charge in [-0.2, -0.15) is 5.21 Å². The van der Waals surface area contributed by atoms with Crippen molar-refractivity contribution in [1.29, 1.82) is 0 Å². The molecule has 12 heavy (non-hydrogen) atoms. The molecule has 0 amide bonds. The van der Waals surface area contributed by atoms with Crippen molar-refractivity contribution < 1.29 is 0 Å². The molecule has 1 aromatic rings. The van der Waals surface area contributed by atoms with Crippen LogP contribution in [0.15, 0.2) is 0 Å². The lowest BCUT2D eigenvalue weighted by Gasteiger charge is -2.17. The van der Waals surface area contributed by atoms with E-state index in [1.165, 1.54) is 0 Å². The first-order valence-electron chi connectivity index (χ1n) is 4.01. The number of rotatable bonds is 3. The van der Waals surface area contributed by atoms with E-state index in [9.17, 15) is 0 Å². The van der Waals surface area contributed by atoms with E-state index in [4.69, 9.17) is 0 Å². The summed E-state index contributed by atoms with van der Waals surface area (Å²) in [6.07, 6.45) is 0. The van der Waals surface area contributed by atoms with Crippen LogP contribution in [-0.4, -0.2) is 27.2 Å². The zero-order chi connectivity index (χ0) is 9.03. The van der Waals surface area contributed by atoms with Gasteiger partial charge in [0.05, 0.1) is 6.54 Å². The van der Waals surface area contributed by atoms with Crippen molar-refractivity contribution in [2.24, 2.45) is 5.41 Å². The molecule has 0 bridgehead atoms. The molecule has 1 heterocycles. The maximum Gasteiger partial charge on any atom is 0.188 e. The van der Waals surface area contributed by atoms with Gasteiger partial charge >= 0.3 is 0 Å². The number of nitrogens with zero attached hydrogens (tertiary/aromatic N) is 3. The standard InChI is InChI=1S/C7H15N5/c1-7(2,3)5-8-4-6-9-11-12-10-6/h8H,4-5H2,1-3H3,(H,9,10,11,12). The largest absolute Gasteiger partial charge is 0.309 e. The van der Waals surface area contributed by atoms with Gasteiger partial charge in [0.2, 0.25) is 0 Å². The second-order valence-corrected chi connectivity index (χ2v) is 3.99. The average molecular weight is 169 g/mol. The molecule has 0 unspecified atom stereocenters. The third-order valence-electron chi connectivity index (χ3n) is 1.33. The highest BCUT2D eigenvalue weighted by Crippen LogP contribution is 2.10. The second-order valence-electron chi connectivity index (χ2n) is 3.99. The van der Waals surface area contributed by atoms with Crippen LogP contribution >= 0.6 is 0 Å². The van der Waals surface area contributed by atoms with Gasteiger partial charge in [-0.1, -0.05) is 26.0 Å². The van der Waals surface area contributed by atoms with Crippen molar-refractivity contribution in [2.75, 3.05) is 6.54 Å². The van der Waals surface area contributed by atoms with E-state index in [0.29, 0.717) is 17.8 Å². The maximum atomic E-state index is 3.83. The Morgan fingerprint density at radius 3 is 2.67 bits per heavy atom. The zero-order valence-electron chi connectivity index (χ0n) is 7.76. The number of hydrogen-bond donors (Lipinski definition) is 2. The summed E-state index contributed by atoms with van der Waals surface area (Å²) in [5, 5.41) is 16.8. The van der Waals surface area contributed by atoms with Crippen LogP contribution in [0, 0.1) is 5.41 Å². The van der Waals surface area contributed by atoms with E-state index in [0.717, 1.165) is 6.54 Å². The molecule has 0 spiro atoms. The molecule has 1 aromatic heterocycles. The Morgan fingerprint density at radius 1 is 1.42 bits per heavy atom. The smallest absolute Gasteiger partial charge is 0.188 e. The Balaban J connectivity index is 2.20. The second kappa shape index (κ2) is 3.62. The van der Waals surface area contributed by atoms with E-state index in [2.05, 4.69) is 46.7 Å². The minimum Gasteiger partial charge on any atom is -0.309 e. The fourth-order valence-electron chi connectivity index (χ4n) is 0.807. The molecule has 0 aliphatic rings. The van der Waals surface area contributed by atoms with E-state index < -0.39 is 0 Å². The fraction of sp³-hybridized carbons (Fsp3) is 0.857. The van der Waals surface area contributed by atoms with Gasteiger partial charge in [-0.3, -0.25) is 0 Å². The molecule has 0 saturated carbocycles. The molecule has 2 N–H and O–H groups in total. The van der Waals surface area contributed by atoms with Gasteiger partial charge < -0.3 is 5.32 Å². The number of hydrogen-bond acceptors (Lipinski definition) is 4. The van der Waals surface area contributed by atoms with Gasteiger partial charge in [-0.05, 0) is 5.41 Å². The summed E-state index contributed by atoms with van der Waals surface area (Å²) in [6, 6.07) is 0. The van der Waals surface area contributed by atoms with Crippen LogP contribution in [0.25, 0.3) is 0 Å². The third-order valence-corrected chi connectivity index (χ3v) is 1.33. The van der Waals surface area contributed by atoms with Crippen molar-refractivity contribution in [2.45, 2.75) is 27.3 Å². The van der Waals surface area contributed by atoms with Gasteiger partial charge in [0, 0.05) is 6.54 Å². The van der Waals surface area contributed by atoms with Gasteiger partial charge in [-0.25, -0.2) is 0 Å². The molecule has 5 heteroatoms. The molecule has 1 rings (SSSR count). The molecule has 0 radical (unpaired) electrons. The van der Waals surface area contributed by atoms with E-state index in [-0.39, 0.29) is 0 Å². The van der Waals surface area contributed by atoms with Crippen molar-refractivity contribution in [3.63, 3.8) is 0 Å². The summed E-state index contributed by atoms with van der Waals surface area (Å²) in [5.74, 6) is 0.708. The van der Waals surface area contributed by atoms with Gasteiger partial charge in [-0.15, -0.1) is 10.2 Å². The molecule has 5 nitrogen and oxygen atoms in total. The summed E-state index contributed by atoms with van der Waals surface area (Å²) in [5.41, 5.74) is 0.295. The van der Waals surface area contributed by atoms with Gasteiger partial charge in [0.25, 0.3) is 0 Å². The van der Waals surface area contributed by atoms with E-state index in [1.54, 1.807) is 0 Å². The Labute approximate surface area is 71.9 Å². The Hall–Kier alpha value is -0.970. The minimum atomic E-state index is 0.295. The molecule has 0 atom stereocenters. The Kier molecular flexibility index (Phi) is 2.75. The van der Waals surface area contributed by atoms with Crippen LogP contribution in [0.4, 0.5) is 0 Å². The summed E-state index contributed by atoms with van der Waals surface area (Å²) in [4.78, 5) is 0. The summed E-state index contributed by atoms with van der Waals surface area (Å²) in [6.45, 7) is 8.15. The molecule has 68 valence electrons. The predicted molar refractivity (Wildman–Crippen MR) is 45.3 cm³/mol. The lowest BCUT2D eigenvalue weighted by atomic mass is 9.97. The Bertz CT molecular complexity index is 210. The normalized spacial score (nSPS) is 11.9. The Morgan fingerprint density at radius 2 is 2.17 bits per heavy atom. The fourth-order valence-corrected chi connectivity index (χ4v) is 0.807. The highest BCUT2D eigenvalue weighted by atomic mass is 15.5. The topological polar surface area (TPSA) is 66.5 Å². The molecular weight excluding hydrogens is 154 g/mol. The number of aromatic nitrogens is 4. The quantitative estimate of drug-likeness (QED) is 0.684. The van der Waals surface area contributed by atoms with Crippen molar-refractivity contribution in [3.8, 4) is 0 Å². The van der Waals surface area contributed by atoms with Gasteiger partial charge in [0.15, 0.2) is 5.82 Å². The molecule has 0 aromatic carbocycles. The zero-order valence-corrected chi connectivity index (χ0v) is 7.76. The molecule has 0 aliphatic carbocycles. The van der Waals surface area contributed by atoms with E-state index >= 15 is 0 Å². The summed E-state index contributed by atoms with van der Waals surface area (Å²) >= 11 is 0. The van der Waals surface area contributed by atoms with Crippen molar-refractivity contribution >= 4 is 0 Å². The van der Waals surface area contributed by atoms with Crippen molar-refractivity contribution in [3.05, 3.63) is 5.82 Å². The minimum absolute atomic E-state index is 0.295. The predicted octanol–water partition coefficient (Wildman–Crippen LogP) is 0.335. The molecule has 0 aliphatic heterocycles. The van der Waals surface area contributed by atoms with Gasteiger partial charge in [0.1, 0.15) is 0 Å². The lowest BCUT2D eigenvalue weighted by molar-refractivity contribution is 0.377. The summed E-state index contributed by atoms with van der Waals surface area (Å²) in [7, 11) is 0. The van der Waals surface area contributed by atoms with Crippen LogP contribution in [0.3, 0.4) is 0 Å². The first-order valence-corrected chi connectivity index (χ1v) is 4.01. The van der Waals surface area contributed by atoms with Crippen LogP contribution in [0.5, 0.6) is 0 Å². The van der Waals surface area contributed by atoms with Crippen molar-refractivity contribution in [1.82, 2.24) is 25.9 Å². The first-order chi connectivity index (χ1) is 5.58. The number of H-pyrrole nitrogens is 1. The maximum absolute atomic E-state index is 3.83. The number of aromatic amines is 1. The highest BCUT2D eigenvalue weighted by Gasteiger charge is 2.09. The van der Waals surface area contributed by atoms with Crippen LogP contribution < -0.4 is 5.32 Å².